The molecule has 51 heavy (non-hydrogen) atoms. The van der Waals surface area contributed by atoms with Gasteiger partial charge in [-0.1, -0.05) is 38.1 Å². The number of aliphatic hydroxyl groups is 1. The quantitative estimate of drug-likeness (QED) is 0.163. The van der Waals surface area contributed by atoms with Crippen molar-refractivity contribution in [3.63, 3.8) is 0 Å². The minimum Gasteiger partial charge on any atom is -0.435 e. The monoisotopic (exact) mass is 679 g/mol. The Morgan fingerprint density at radius 1 is 0.882 bits per heavy atom. The number of nitriles is 1. The number of hydrogen-bond donors (Lipinski definition) is 2. The molecule has 5 heterocycles. The van der Waals surface area contributed by atoms with Gasteiger partial charge in [0, 0.05) is 55.2 Å². The molecule has 2 aliphatic heterocycles. The van der Waals surface area contributed by atoms with Crippen molar-refractivity contribution in [1.82, 2.24) is 24.8 Å². The average Bonchev–Trinajstić information content (AvgIpc) is 3.92. The van der Waals surface area contributed by atoms with Gasteiger partial charge in [-0.05, 0) is 116 Å². The van der Waals surface area contributed by atoms with Gasteiger partial charge in [-0.15, -0.1) is 0 Å². The van der Waals surface area contributed by atoms with Crippen molar-refractivity contribution in [3.8, 4) is 28.7 Å². The number of rotatable bonds is 8. The molecule has 2 saturated heterocycles. The fourth-order valence-corrected chi connectivity index (χ4v) is 7.43. The number of likely N-dealkylation sites (tertiary alicyclic amines) is 2. The molecule has 6 aromatic rings. The zero-order valence-electron chi connectivity index (χ0n) is 29.9. The molecule has 0 aliphatic carbocycles. The van der Waals surface area contributed by atoms with E-state index < -0.39 is 0 Å². The molecule has 1 atom stereocenters. The maximum absolute atomic E-state index is 9.97. The summed E-state index contributed by atoms with van der Waals surface area (Å²) in [6, 6.07) is 22.9. The topological polar surface area (TPSA) is 114 Å². The van der Waals surface area contributed by atoms with Gasteiger partial charge in [-0.3, -0.25) is 14.8 Å². The Morgan fingerprint density at radius 3 is 2.39 bits per heavy atom. The number of benzene rings is 3. The van der Waals surface area contributed by atoms with Crippen LogP contribution in [0, 0.1) is 25.2 Å². The van der Waals surface area contributed by atoms with Crippen LogP contribution in [0.4, 0.5) is 11.5 Å². The van der Waals surface area contributed by atoms with Crippen molar-refractivity contribution in [2.75, 3.05) is 31.5 Å². The van der Waals surface area contributed by atoms with E-state index in [9.17, 15) is 10.4 Å². The number of fused-ring (bicyclic) bond motifs is 2. The fraction of sp³-hybridized carbons (Fsp3) is 0.333. The van der Waals surface area contributed by atoms with Gasteiger partial charge < -0.3 is 14.8 Å². The molecule has 260 valence electrons. The number of oxazole rings is 1. The number of hydrogen-bond acceptors (Lipinski definition) is 9. The van der Waals surface area contributed by atoms with Crippen LogP contribution in [0.15, 0.2) is 77.5 Å². The van der Waals surface area contributed by atoms with Crippen LogP contribution in [-0.4, -0.2) is 62.1 Å². The normalized spacial score (nSPS) is 16.4. The van der Waals surface area contributed by atoms with Gasteiger partial charge in [-0.25, -0.2) is 9.97 Å². The Balaban J connectivity index is 0.00000200. The molecule has 0 bridgehead atoms. The molecule has 9 heteroatoms. The molecule has 2 fully saturated rings. The molecule has 0 amide bonds. The standard InChI is InChI=1S/C40H39N7O2.C2H6/c1-25-32(7-5-9-34(25)40-45-36-19-27(22-46-14-3-4-15-46)17-30(20-41)38(36)49-40)33-8-6-10-35(26(33)2)44-39-37-29(11-13-42-39)18-28(21-43-37)23-47-16-12-31(48)24-47;1-2/h5-11,13,17-19,21,31,48H,3-4,12,14-16,22-24H2,1-2H3,(H,42,44);1-2H3/t31-;/m1./s1. The second kappa shape index (κ2) is 15.0. The van der Waals surface area contributed by atoms with E-state index >= 15 is 0 Å². The van der Waals surface area contributed by atoms with Crippen LogP contribution in [0.2, 0.25) is 0 Å². The maximum atomic E-state index is 9.97. The number of nitrogens with zero attached hydrogens (tertiary/aromatic N) is 6. The second-order valence-electron chi connectivity index (χ2n) is 13.4. The Morgan fingerprint density at radius 2 is 1.63 bits per heavy atom. The molecule has 0 radical (unpaired) electrons. The smallest absolute Gasteiger partial charge is 0.227 e. The van der Waals surface area contributed by atoms with Gasteiger partial charge in [-0.2, -0.15) is 5.26 Å². The third-order valence-corrected chi connectivity index (χ3v) is 10.0. The molecule has 0 spiro atoms. The Labute approximate surface area is 299 Å². The summed E-state index contributed by atoms with van der Waals surface area (Å²) in [6.07, 6.45) is 6.76. The van der Waals surface area contributed by atoms with E-state index in [1.165, 1.54) is 12.8 Å². The van der Waals surface area contributed by atoms with Crippen molar-refractivity contribution in [2.45, 2.75) is 66.2 Å². The molecule has 2 aliphatic rings. The fourth-order valence-electron chi connectivity index (χ4n) is 7.43. The van der Waals surface area contributed by atoms with Gasteiger partial charge in [0.1, 0.15) is 17.1 Å². The minimum absolute atomic E-state index is 0.240. The number of aromatic nitrogens is 3. The van der Waals surface area contributed by atoms with E-state index in [0.717, 1.165) is 94.7 Å². The number of anilines is 2. The molecule has 9 nitrogen and oxygen atoms in total. The Bertz CT molecular complexity index is 2230. The van der Waals surface area contributed by atoms with Crippen LogP contribution in [0.25, 0.3) is 44.6 Å². The lowest BCUT2D eigenvalue weighted by Gasteiger charge is -2.17. The van der Waals surface area contributed by atoms with Crippen LogP contribution in [-0.2, 0) is 13.1 Å². The number of pyridine rings is 2. The zero-order valence-corrected chi connectivity index (χ0v) is 29.9. The highest BCUT2D eigenvalue weighted by Gasteiger charge is 2.22. The third kappa shape index (κ3) is 7.08. The molecular formula is C42H45N7O2. The number of aliphatic hydroxyl groups excluding tert-OH is 1. The second-order valence-corrected chi connectivity index (χ2v) is 13.4. The lowest BCUT2D eigenvalue weighted by molar-refractivity contribution is 0.175. The van der Waals surface area contributed by atoms with Crippen molar-refractivity contribution < 1.29 is 9.52 Å². The van der Waals surface area contributed by atoms with Crippen LogP contribution >= 0.6 is 0 Å². The molecule has 0 saturated carbocycles. The van der Waals surface area contributed by atoms with Crippen molar-refractivity contribution >= 4 is 33.5 Å². The first-order valence-electron chi connectivity index (χ1n) is 18.1. The first kappa shape index (κ1) is 34.3. The van der Waals surface area contributed by atoms with Crippen molar-refractivity contribution in [1.29, 1.82) is 5.26 Å². The highest BCUT2D eigenvalue weighted by atomic mass is 16.3. The van der Waals surface area contributed by atoms with Gasteiger partial charge >= 0.3 is 0 Å². The molecule has 3 aromatic heterocycles. The van der Waals surface area contributed by atoms with E-state index in [0.29, 0.717) is 34.9 Å². The molecular weight excluding hydrogens is 635 g/mol. The maximum Gasteiger partial charge on any atom is 0.227 e. The largest absolute Gasteiger partial charge is 0.435 e. The summed E-state index contributed by atoms with van der Waals surface area (Å²) in [5.74, 6) is 1.22. The van der Waals surface area contributed by atoms with Gasteiger partial charge in [0.15, 0.2) is 11.4 Å². The van der Waals surface area contributed by atoms with E-state index in [1.54, 1.807) is 0 Å². The predicted molar refractivity (Wildman–Crippen MR) is 204 cm³/mol. The van der Waals surface area contributed by atoms with E-state index in [2.05, 4.69) is 76.4 Å². The SMILES string of the molecule is CC.Cc1c(Nc2nccc3cc(CN4CC[C@@H](O)C4)cnc23)cccc1-c1cccc(-c2nc3cc(CN4CCCC4)cc(C#N)c3o2)c1C. The third-order valence-electron chi connectivity index (χ3n) is 10.0. The van der Waals surface area contributed by atoms with Crippen LogP contribution in [0.5, 0.6) is 0 Å². The Hall–Kier alpha value is -5.14. The van der Waals surface area contributed by atoms with Crippen LogP contribution in [0.1, 0.15) is 60.9 Å². The highest BCUT2D eigenvalue weighted by molar-refractivity contribution is 5.91. The van der Waals surface area contributed by atoms with Gasteiger partial charge in [0.2, 0.25) is 5.89 Å². The predicted octanol–water partition coefficient (Wildman–Crippen LogP) is 8.53. The molecule has 3 aromatic carbocycles. The number of nitrogens with one attached hydrogen (secondary N) is 1. The minimum atomic E-state index is -0.240. The lowest BCUT2D eigenvalue weighted by Crippen LogP contribution is -2.21. The van der Waals surface area contributed by atoms with Gasteiger partial charge in [0.25, 0.3) is 0 Å². The summed E-state index contributed by atoms with van der Waals surface area (Å²) in [4.78, 5) is 19.1. The summed E-state index contributed by atoms with van der Waals surface area (Å²) in [7, 11) is 0. The van der Waals surface area contributed by atoms with Crippen LogP contribution in [0.3, 0.4) is 0 Å². The summed E-state index contributed by atoms with van der Waals surface area (Å²) in [5, 5.41) is 24.5. The summed E-state index contributed by atoms with van der Waals surface area (Å²) in [5.41, 5.74) is 11.0. The van der Waals surface area contributed by atoms with E-state index in [1.807, 2.05) is 50.5 Å². The molecule has 8 rings (SSSR count). The zero-order chi connectivity index (χ0) is 35.5. The lowest BCUT2D eigenvalue weighted by atomic mass is 9.93. The summed E-state index contributed by atoms with van der Waals surface area (Å²) in [6.45, 7) is 13.6. The first-order valence-corrected chi connectivity index (χ1v) is 18.1. The highest BCUT2D eigenvalue weighted by Crippen LogP contribution is 2.38. The number of β-amino-alcohol motifs (C(OH)–C–C–N with tert-alkyl or cyclic N) is 1. The summed E-state index contributed by atoms with van der Waals surface area (Å²) >= 11 is 0. The van der Waals surface area contributed by atoms with E-state index in [4.69, 9.17) is 14.4 Å². The average molecular weight is 680 g/mol. The van der Waals surface area contributed by atoms with Crippen molar-refractivity contribution in [2.24, 2.45) is 0 Å². The summed E-state index contributed by atoms with van der Waals surface area (Å²) < 4.78 is 6.31. The van der Waals surface area contributed by atoms with E-state index in [-0.39, 0.29) is 6.10 Å². The van der Waals surface area contributed by atoms with Gasteiger partial charge in [0.05, 0.1) is 11.7 Å². The molecule has 2 N–H and O–H groups in total. The van der Waals surface area contributed by atoms with Crippen LogP contribution < -0.4 is 5.32 Å². The first-order chi connectivity index (χ1) is 24.9. The molecule has 0 unspecified atom stereocenters. The Kier molecular flexibility index (Phi) is 10.1. The van der Waals surface area contributed by atoms with Crippen molar-refractivity contribution in [3.05, 3.63) is 101 Å².